The summed E-state index contributed by atoms with van der Waals surface area (Å²) in [6.45, 7) is 1.12. The molecule has 0 saturated carbocycles. The zero-order valence-corrected chi connectivity index (χ0v) is 17.1. The third-order valence-corrected chi connectivity index (χ3v) is 5.65. The quantitative estimate of drug-likeness (QED) is 0.735. The van der Waals surface area contributed by atoms with Crippen molar-refractivity contribution in [1.29, 1.82) is 0 Å². The third kappa shape index (κ3) is 5.19. The van der Waals surface area contributed by atoms with Gasteiger partial charge >= 0.3 is 0 Å². The molecule has 2 aliphatic rings. The van der Waals surface area contributed by atoms with Gasteiger partial charge < -0.3 is 20.1 Å². The summed E-state index contributed by atoms with van der Waals surface area (Å²) < 4.78 is 11.2. The average molecular weight is 408 g/mol. The van der Waals surface area contributed by atoms with Gasteiger partial charge in [-0.05, 0) is 73.9 Å². The first kappa shape index (κ1) is 20.4. The number of amides is 2. The fourth-order valence-corrected chi connectivity index (χ4v) is 4.03. The lowest BCUT2D eigenvalue weighted by Crippen LogP contribution is -2.32. The first-order valence-corrected chi connectivity index (χ1v) is 10.7. The van der Waals surface area contributed by atoms with E-state index >= 15 is 0 Å². The number of anilines is 1. The van der Waals surface area contributed by atoms with Gasteiger partial charge in [0.05, 0.1) is 17.4 Å². The Balaban J connectivity index is 1.32. The monoisotopic (exact) mass is 408 g/mol. The SMILES string of the molecule is O=C(COc1ccc2c(c1)CCCC2)Nc1ccccc1C(=O)NC[C@@H]1CCCO1. The van der Waals surface area contributed by atoms with Crippen molar-refractivity contribution in [1.82, 2.24) is 5.32 Å². The smallest absolute Gasteiger partial charge is 0.262 e. The lowest BCUT2D eigenvalue weighted by molar-refractivity contribution is -0.118. The summed E-state index contributed by atoms with van der Waals surface area (Å²) in [6, 6.07) is 13.0. The maximum Gasteiger partial charge on any atom is 0.262 e. The van der Waals surface area contributed by atoms with Crippen molar-refractivity contribution in [3.05, 3.63) is 59.2 Å². The lowest BCUT2D eigenvalue weighted by Gasteiger charge is -2.17. The Morgan fingerprint density at radius 1 is 1.03 bits per heavy atom. The van der Waals surface area contributed by atoms with Crippen LogP contribution < -0.4 is 15.4 Å². The van der Waals surface area contributed by atoms with Crippen molar-refractivity contribution in [2.45, 2.75) is 44.6 Å². The maximum absolute atomic E-state index is 12.6. The van der Waals surface area contributed by atoms with Crippen LogP contribution in [0.4, 0.5) is 5.69 Å². The van der Waals surface area contributed by atoms with Crippen LogP contribution in [0.15, 0.2) is 42.5 Å². The van der Waals surface area contributed by atoms with Crippen LogP contribution in [-0.2, 0) is 22.4 Å². The summed E-state index contributed by atoms with van der Waals surface area (Å²) in [5.74, 6) is 0.178. The van der Waals surface area contributed by atoms with Gasteiger partial charge in [-0.1, -0.05) is 18.2 Å². The predicted octanol–water partition coefficient (Wildman–Crippen LogP) is 3.49. The number of benzene rings is 2. The minimum Gasteiger partial charge on any atom is -0.484 e. The largest absolute Gasteiger partial charge is 0.484 e. The van der Waals surface area contributed by atoms with Crippen LogP contribution in [0.2, 0.25) is 0 Å². The maximum atomic E-state index is 12.6. The number of rotatable bonds is 7. The van der Waals surface area contributed by atoms with E-state index in [9.17, 15) is 9.59 Å². The van der Waals surface area contributed by atoms with E-state index in [1.807, 2.05) is 12.1 Å². The van der Waals surface area contributed by atoms with Gasteiger partial charge in [-0.2, -0.15) is 0 Å². The highest BCUT2D eigenvalue weighted by molar-refractivity contribution is 6.04. The number of hydrogen-bond donors (Lipinski definition) is 2. The number of fused-ring (bicyclic) bond motifs is 1. The molecule has 2 aromatic rings. The van der Waals surface area contributed by atoms with Gasteiger partial charge in [-0.15, -0.1) is 0 Å². The van der Waals surface area contributed by atoms with E-state index in [0.717, 1.165) is 32.3 Å². The Kier molecular flexibility index (Phi) is 6.64. The molecule has 30 heavy (non-hydrogen) atoms. The molecule has 2 amide bonds. The third-order valence-electron chi connectivity index (χ3n) is 5.65. The molecule has 1 atom stereocenters. The molecule has 1 heterocycles. The van der Waals surface area contributed by atoms with Gasteiger partial charge in [0, 0.05) is 13.2 Å². The van der Waals surface area contributed by atoms with Crippen LogP contribution in [-0.4, -0.2) is 37.7 Å². The first-order valence-electron chi connectivity index (χ1n) is 10.7. The molecule has 4 rings (SSSR count). The zero-order valence-electron chi connectivity index (χ0n) is 17.1. The molecule has 158 valence electrons. The van der Waals surface area contributed by atoms with E-state index in [2.05, 4.69) is 16.7 Å². The number of hydrogen-bond acceptors (Lipinski definition) is 4. The van der Waals surface area contributed by atoms with Gasteiger partial charge in [0.25, 0.3) is 11.8 Å². The number of para-hydroxylation sites is 1. The Hall–Kier alpha value is -2.86. The second-order valence-corrected chi connectivity index (χ2v) is 7.87. The first-order chi connectivity index (χ1) is 14.7. The van der Waals surface area contributed by atoms with Gasteiger partial charge in [0.1, 0.15) is 5.75 Å². The highest BCUT2D eigenvalue weighted by atomic mass is 16.5. The molecule has 0 aromatic heterocycles. The van der Waals surface area contributed by atoms with E-state index in [-0.39, 0.29) is 24.5 Å². The minimum absolute atomic E-state index is 0.0701. The van der Waals surface area contributed by atoms with E-state index in [1.54, 1.807) is 24.3 Å². The van der Waals surface area contributed by atoms with Crippen LogP contribution in [0.25, 0.3) is 0 Å². The summed E-state index contributed by atoms with van der Waals surface area (Å²) in [5, 5.41) is 5.69. The van der Waals surface area contributed by atoms with Crippen molar-refractivity contribution in [2.24, 2.45) is 0 Å². The fraction of sp³-hybridized carbons (Fsp3) is 0.417. The van der Waals surface area contributed by atoms with Gasteiger partial charge in [-0.3, -0.25) is 9.59 Å². The number of nitrogens with one attached hydrogen (secondary N) is 2. The van der Waals surface area contributed by atoms with E-state index in [1.165, 1.54) is 24.0 Å². The minimum atomic E-state index is -0.299. The molecule has 0 radical (unpaired) electrons. The van der Waals surface area contributed by atoms with Crippen molar-refractivity contribution in [3.8, 4) is 5.75 Å². The van der Waals surface area contributed by atoms with E-state index < -0.39 is 0 Å². The van der Waals surface area contributed by atoms with Crippen molar-refractivity contribution >= 4 is 17.5 Å². The van der Waals surface area contributed by atoms with Crippen LogP contribution >= 0.6 is 0 Å². The number of carbonyl (C=O) groups is 2. The zero-order chi connectivity index (χ0) is 20.8. The van der Waals surface area contributed by atoms with E-state index in [0.29, 0.717) is 23.5 Å². The van der Waals surface area contributed by atoms with Crippen LogP contribution in [0.5, 0.6) is 5.75 Å². The molecule has 2 aromatic carbocycles. The normalized spacial score (nSPS) is 17.8. The standard InChI is InChI=1S/C24H28N2O4/c27-23(16-30-19-12-11-17-6-1-2-7-18(17)14-19)26-22-10-4-3-9-21(22)24(28)25-15-20-8-5-13-29-20/h3-4,9-12,14,20H,1-2,5-8,13,15-16H2,(H,25,28)(H,26,27)/t20-/m0/s1. The second-order valence-electron chi connectivity index (χ2n) is 7.87. The molecular formula is C24H28N2O4. The highest BCUT2D eigenvalue weighted by Crippen LogP contribution is 2.25. The molecule has 1 aliphatic heterocycles. The lowest BCUT2D eigenvalue weighted by atomic mass is 9.92. The van der Waals surface area contributed by atoms with Gasteiger partial charge in [-0.25, -0.2) is 0 Å². The molecule has 2 N–H and O–H groups in total. The van der Waals surface area contributed by atoms with Crippen molar-refractivity contribution in [3.63, 3.8) is 0 Å². The molecule has 6 nitrogen and oxygen atoms in total. The van der Waals surface area contributed by atoms with Crippen molar-refractivity contribution < 1.29 is 19.1 Å². The number of carbonyl (C=O) groups excluding carboxylic acids is 2. The Bertz CT molecular complexity index is 906. The second kappa shape index (κ2) is 9.76. The molecular weight excluding hydrogens is 380 g/mol. The number of aryl methyl sites for hydroxylation is 2. The van der Waals surface area contributed by atoms with Gasteiger partial charge in [0.15, 0.2) is 6.61 Å². The molecule has 1 fully saturated rings. The summed E-state index contributed by atoms with van der Waals surface area (Å²) >= 11 is 0. The fourth-order valence-electron chi connectivity index (χ4n) is 4.03. The summed E-state index contributed by atoms with van der Waals surface area (Å²) in [4.78, 5) is 25.0. The van der Waals surface area contributed by atoms with Gasteiger partial charge in [0.2, 0.25) is 0 Å². The Morgan fingerprint density at radius 2 is 1.87 bits per heavy atom. The number of ether oxygens (including phenoxy) is 2. The average Bonchev–Trinajstić information content (AvgIpc) is 3.30. The van der Waals surface area contributed by atoms with Crippen LogP contribution in [0.3, 0.4) is 0 Å². The van der Waals surface area contributed by atoms with Crippen molar-refractivity contribution in [2.75, 3.05) is 25.1 Å². The summed E-state index contributed by atoms with van der Waals surface area (Å²) in [7, 11) is 0. The molecule has 0 spiro atoms. The molecule has 1 aliphatic carbocycles. The highest BCUT2D eigenvalue weighted by Gasteiger charge is 2.18. The van der Waals surface area contributed by atoms with Crippen LogP contribution in [0.1, 0.15) is 47.2 Å². The van der Waals surface area contributed by atoms with E-state index in [4.69, 9.17) is 9.47 Å². The molecule has 0 bridgehead atoms. The van der Waals surface area contributed by atoms with Crippen LogP contribution in [0, 0.1) is 0 Å². The Labute approximate surface area is 177 Å². The topological polar surface area (TPSA) is 76.7 Å². The predicted molar refractivity (Wildman–Crippen MR) is 115 cm³/mol. The Morgan fingerprint density at radius 3 is 2.70 bits per heavy atom. The molecule has 6 heteroatoms. The molecule has 1 saturated heterocycles. The summed E-state index contributed by atoms with van der Waals surface area (Å²) in [5.41, 5.74) is 3.59. The summed E-state index contributed by atoms with van der Waals surface area (Å²) in [6.07, 6.45) is 6.66. The molecule has 0 unspecified atom stereocenters.